The molecule has 2 nitrogen and oxygen atoms in total. The normalized spacial score (nSPS) is 16.7. The zero-order valence-corrected chi connectivity index (χ0v) is 12.2. The molecular formula is C16H22O2S. The van der Waals surface area contributed by atoms with Crippen molar-refractivity contribution in [2.75, 3.05) is 6.61 Å². The third-order valence-corrected chi connectivity index (χ3v) is 4.35. The summed E-state index contributed by atoms with van der Waals surface area (Å²) < 4.78 is 6.05. The van der Waals surface area contributed by atoms with Gasteiger partial charge >= 0.3 is 0 Å². The lowest BCUT2D eigenvalue weighted by Gasteiger charge is -2.14. The first-order valence-corrected chi connectivity index (χ1v) is 8.06. The van der Waals surface area contributed by atoms with E-state index in [1.165, 1.54) is 43.4 Å². The molecule has 0 aromatic carbocycles. The average Bonchev–Trinajstić information content (AvgIpc) is 2.71. The van der Waals surface area contributed by atoms with Crippen LogP contribution in [0.1, 0.15) is 55.4 Å². The highest BCUT2D eigenvalue weighted by molar-refractivity contribution is 7.10. The quantitative estimate of drug-likeness (QED) is 0.672. The predicted molar refractivity (Wildman–Crippen MR) is 79.2 cm³/mol. The van der Waals surface area contributed by atoms with Gasteiger partial charge in [0.25, 0.3) is 0 Å². The minimum absolute atomic E-state index is 0.130. The van der Waals surface area contributed by atoms with Crippen LogP contribution in [0.5, 0.6) is 0 Å². The van der Waals surface area contributed by atoms with E-state index >= 15 is 0 Å². The van der Waals surface area contributed by atoms with Gasteiger partial charge in [0.05, 0.1) is 19.3 Å². The summed E-state index contributed by atoms with van der Waals surface area (Å²) >= 11 is 1.71. The van der Waals surface area contributed by atoms with Crippen molar-refractivity contribution in [3.8, 4) is 11.8 Å². The molecule has 19 heavy (non-hydrogen) atoms. The lowest BCUT2D eigenvalue weighted by atomic mass is 10.1. The van der Waals surface area contributed by atoms with Crippen LogP contribution in [-0.2, 0) is 11.3 Å². The molecule has 0 atom stereocenters. The van der Waals surface area contributed by atoms with Crippen molar-refractivity contribution in [3.05, 3.63) is 21.9 Å². The molecule has 1 aliphatic carbocycles. The number of aliphatic hydroxyl groups excluding tert-OH is 1. The maximum absolute atomic E-state index is 8.74. The summed E-state index contributed by atoms with van der Waals surface area (Å²) in [4.78, 5) is 1.22. The smallest absolute Gasteiger partial charge is 0.0825 e. The fourth-order valence-corrected chi connectivity index (χ4v) is 3.13. The third kappa shape index (κ3) is 4.99. The van der Waals surface area contributed by atoms with Gasteiger partial charge < -0.3 is 9.84 Å². The van der Waals surface area contributed by atoms with E-state index in [2.05, 4.69) is 17.2 Å². The van der Waals surface area contributed by atoms with Crippen molar-refractivity contribution in [1.82, 2.24) is 0 Å². The van der Waals surface area contributed by atoms with Gasteiger partial charge in [0.15, 0.2) is 0 Å². The van der Waals surface area contributed by atoms with E-state index in [1.54, 1.807) is 11.3 Å². The van der Waals surface area contributed by atoms with E-state index in [4.69, 9.17) is 9.84 Å². The molecule has 104 valence electrons. The van der Waals surface area contributed by atoms with Crippen LogP contribution in [-0.4, -0.2) is 17.8 Å². The van der Waals surface area contributed by atoms with Crippen molar-refractivity contribution in [3.63, 3.8) is 0 Å². The van der Waals surface area contributed by atoms with Crippen molar-refractivity contribution in [2.45, 2.75) is 57.7 Å². The largest absolute Gasteiger partial charge is 0.395 e. The first-order chi connectivity index (χ1) is 9.40. The van der Waals surface area contributed by atoms with Crippen LogP contribution in [0.3, 0.4) is 0 Å². The maximum atomic E-state index is 8.74. The molecule has 1 aliphatic rings. The Kier molecular flexibility index (Phi) is 6.43. The Morgan fingerprint density at radius 1 is 1.26 bits per heavy atom. The van der Waals surface area contributed by atoms with E-state index < -0.39 is 0 Å². The lowest BCUT2D eigenvalue weighted by molar-refractivity contribution is 0.0324. The second-order valence-electron chi connectivity index (χ2n) is 4.96. The van der Waals surface area contributed by atoms with Crippen LogP contribution < -0.4 is 0 Å². The molecular weight excluding hydrogens is 256 g/mol. The number of rotatable bonds is 4. The molecule has 1 heterocycles. The molecule has 0 bridgehead atoms. The van der Waals surface area contributed by atoms with Crippen molar-refractivity contribution >= 4 is 11.3 Å². The summed E-state index contributed by atoms with van der Waals surface area (Å²) in [5.41, 5.74) is 1.06. The lowest BCUT2D eigenvalue weighted by Crippen LogP contribution is -2.11. The summed E-state index contributed by atoms with van der Waals surface area (Å²) in [6.45, 7) is 0.816. The molecule has 1 aromatic rings. The Balaban J connectivity index is 1.85. The number of aliphatic hydroxyl groups is 1. The minimum atomic E-state index is 0.130. The van der Waals surface area contributed by atoms with Gasteiger partial charge in [-0.2, -0.15) is 0 Å². The standard InChI is InChI=1S/C16H22O2S/c17-11-6-5-7-14-10-12-19-16(14)13-18-15-8-3-1-2-4-9-15/h10,12,15,17H,1-4,6,8-9,11,13H2. The van der Waals surface area contributed by atoms with Crippen LogP contribution in [0, 0.1) is 11.8 Å². The van der Waals surface area contributed by atoms with Crippen LogP contribution in [0.25, 0.3) is 0 Å². The third-order valence-electron chi connectivity index (χ3n) is 3.46. The molecule has 1 N–H and O–H groups in total. The Labute approximate surface area is 119 Å². The fourth-order valence-electron chi connectivity index (χ4n) is 2.38. The molecule has 1 fully saturated rings. The van der Waals surface area contributed by atoms with Crippen LogP contribution in [0.4, 0.5) is 0 Å². The Hall–Kier alpha value is -0.820. The average molecular weight is 278 g/mol. The topological polar surface area (TPSA) is 29.5 Å². The van der Waals surface area contributed by atoms with Crippen LogP contribution in [0.15, 0.2) is 11.4 Å². The number of thiophene rings is 1. The minimum Gasteiger partial charge on any atom is -0.395 e. The fraction of sp³-hybridized carbons (Fsp3) is 0.625. The molecule has 0 unspecified atom stereocenters. The summed E-state index contributed by atoms with van der Waals surface area (Å²) in [5, 5.41) is 10.8. The number of hydrogen-bond acceptors (Lipinski definition) is 3. The van der Waals surface area contributed by atoms with Crippen molar-refractivity contribution in [2.24, 2.45) is 0 Å². The molecule has 0 amide bonds. The van der Waals surface area contributed by atoms with Gasteiger partial charge in [0.2, 0.25) is 0 Å². The van der Waals surface area contributed by atoms with E-state index in [0.29, 0.717) is 19.1 Å². The number of hydrogen-bond donors (Lipinski definition) is 1. The first-order valence-electron chi connectivity index (χ1n) is 7.18. The summed E-state index contributed by atoms with van der Waals surface area (Å²) in [7, 11) is 0. The molecule has 3 heteroatoms. The Morgan fingerprint density at radius 3 is 2.79 bits per heavy atom. The summed E-state index contributed by atoms with van der Waals surface area (Å²) in [5.74, 6) is 6.09. The zero-order chi connectivity index (χ0) is 13.3. The molecule has 1 aromatic heterocycles. The molecule has 0 spiro atoms. The Bertz CT molecular complexity index is 419. The highest BCUT2D eigenvalue weighted by Gasteiger charge is 2.13. The van der Waals surface area contributed by atoms with Gasteiger partial charge in [-0.05, 0) is 24.3 Å². The summed E-state index contributed by atoms with van der Waals surface area (Å²) in [6, 6.07) is 2.04. The first kappa shape index (κ1) is 14.6. The summed E-state index contributed by atoms with van der Waals surface area (Å²) in [6.07, 6.45) is 8.71. The predicted octanol–water partition coefficient (Wildman–Crippen LogP) is 3.72. The monoisotopic (exact) mass is 278 g/mol. The van der Waals surface area contributed by atoms with E-state index in [9.17, 15) is 0 Å². The van der Waals surface area contributed by atoms with Crippen molar-refractivity contribution in [1.29, 1.82) is 0 Å². The number of ether oxygens (including phenoxy) is 1. The second-order valence-corrected chi connectivity index (χ2v) is 5.96. The maximum Gasteiger partial charge on any atom is 0.0825 e. The molecule has 1 saturated carbocycles. The molecule has 0 saturated heterocycles. The Morgan fingerprint density at radius 2 is 2.05 bits per heavy atom. The van der Waals surface area contributed by atoms with Gasteiger partial charge in [-0.3, -0.25) is 0 Å². The van der Waals surface area contributed by atoms with Gasteiger partial charge in [-0.15, -0.1) is 11.3 Å². The van der Waals surface area contributed by atoms with Crippen LogP contribution in [0.2, 0.25) is 0 Å². The highest BCUT2D eigenvalue weighted by Crippen LogP contribution is 2.23. The van der Waals surface area contributed by atoms with Crippen molar-refractivity contribution < 1.29 is 9.84 Å². The van der Waals surface area contributed by atoms with Crippen LogP contribution >= 0.6 is 11.3 Å². The van der Waals surface area contributed by atoms with E-state index in [1.807, 2.05) is 6.07 Å². The zero-order valence-electron chi connectivity index (χ0n) is 11.4. The molecule has 2 rings (SSSR count). The van der Waals surface area contributed by atoms with Gasteiger partial charge in [-0.1, -0.05) is 37.5 Å². The highest BCUT2D eigenvalue weighted by atomic mass is 32.1. The van der Waals surface area contributed by atoms with Gasteiger partial charge in [0, 0.05) is 16.9 Å². The SMILES string of the molecule is OCCC#Cc1ccsc1COC1CCCCCC1. The van der Waals surface area contributed by atoms with Gasteiger partial charge in [0.1, 0.15) is 0 Å². The van der Waals surface area contributed by atoms with Gasteiger partial charge in [-0.25, -0.2) is 0 Å². The van der Waals surface area contributed by atoms with E-state index in [-0.39, 0.29) is 6.61 Å². The van der Waals surface area contributed by atoms with E-state index in [0.717, 1.165) is 5.56 Å². The molecule has 0 aliphatic heterocycles. The second kappa shape index (κ2) is 8.37. The molecule has 0 radical (unpaired) electrons.